The fourth-order valence-electron chi connectivity index (χ4n) is 3.67. The molecule has 2 aromatic carbocycles. The second kappa shape index (κ2) is 12.2. The summed E-state index contributed by atoms with van der Waals surface area (Å²) in [5, 5.41) is 15.2. The van der Waals surface area contributed by atoms with Crippen LogP contribution in [0.1, 0.15) is 18.9 Å². The lowest BCUT2D eigenvalue weighted by Crippen LogP contribution is -2.35. The average molecular weight is 452 g/mol. The van der Waals surface area contributed by atoms with E-state index in [4.69, 9.17) is 21.0 Å². The van der Waals surface area contributed by atoms with Crippen molar-refractivity contribution < 1.29 is 19.0 Å². The molecule has 0 amide bonds. The van der Waals surface area contributed by atoms with Crippen molar-refractivity contribution >= 4 is 0 Å². The van der Waals surface area contributed by atoms with Crippen molar-refractivity contribution in [3.63, 3.8) is 0 Å². The zero-order chi connectivity index (χ0) is 23.6. The Bertz CT molecular complexity index is 1060. The van der Waals surface area contributed by atoms with E-state index >= 15 is 0 Å². The summed E-state index contributed by atoms with van der Waals surface area (Å²) in [5.74, 6) is 2.95. The molecule has 3 aromatic rings. The van der Waals surface area contributed by atoms with Gasteiger partial charge in [-0.2, -0.15) is 5.10 Å². The summed E-state index contributed by atoms with van der Waals surface area (Å²) in [4.78, 5) is 2.13. The summed E-state index contributed by atoms with van der Waals surface area (Å²) < 4.78 is 26.8. The Balaban J connectivity index is 1.93. The van der Waals surface area contributed by atoms with E-state index in [0.717, 1.165) is 29.8 Å². The van der Waals surface area contributed by atoms with Gasteiger partial charge in [0.05, 0.1) is 18.3 Å². The van der Waals surface area contributed by atoms with Crippen LogP contribution in [0.25, 0.3) is 11.3 Å². The highest BCUT2D eigenvalue weighted by Gasteiger charge is 2.23. The number of rotatable bonds is 12. The van der Waals surface area contributed by atoms with E-state index in [1.54, 1.807) is 23.9 Å². The highest BCUT2D eigenvalue weighted by Crippen LogP contribution is 2.34. The first-order valence-electron chi connectivity index (χ1n) is 11.0. The quantitative estimate of drug-likeness (QED) is 0.330. The molecular formula is C26H30FN3O3. The minimum Gasteiger partial charge on any atom is -0.439 e. The number of terminal acetylenes is 1. The van der Waals surface area contributed by atoms with Gasteiger partial charge in [-0.25, -0.2) is 9.07 Å². The SMILES string of the molecule is C#CCOCC(O)CN(CCC)Cc1c(-c2ccccc2)nn(C)c1Oc1cccc(F)c1. The van der Waals surface area contributed by atoms with Crippen LogP contribution < -0.4 is 4.74 Å². The van der Waals surface area contributed by atoms with Crippen LogP contribution in [0.4, 0.5) is 4.39 Å². The van der Waals surface area contributed by atoms with Crippen LogP contribution in [0, 0.1) is 18.2 Å². The van der Waals surface area contributed by atoms with Gasteiger partial charge >= 0.3 is 0 Å². The first kappa shape index (κ1) is 24.5. The number of hydrogen-bond donors (Lipinski definition) is 1. The Morgan fingerprint density at radius 3 is 2.70 bits per heavy atom. The van der Waals surface area contributed by atoms with Gasteiger partial charge in [0, 0.05) is 31.8 Å². The van der Waals surface area contributed by atoms with Gasteiger partial charge in [0.1, 0.15) is 23.9 Å². The maximum Gasteiger partial charge on any atom is 0.222 e. The Hall–Kier alpha value is -3.18. The molecule has 3 rings (SSSR count). The van der Waals surface area contributed by atoms with E-state index in [1.807, 2.05) is 30.3 Å². The monoisotopic (exact) mass is 451 g/mol. The second-order valence-corrected chi connectivity index (χ2v) is 7.79. The summed E-state index contributed by atoms with van der Waals surface area (Å²) in [5.41, 5.74) is 2.59. The van der Waals surface area contributed by atoms with Crippen LogP contribution in [-0.4, -0.2) is 52.2 Å². The van der Waals surface area contributed by atoms with Gasteiger partial charge in [-0.3, -0.25) is 4.90 Å². The third-order valence-electron chi connectivity index (χ3n) is 5.03. The molecule has 0 aliphatic heterocycles. The molecule has 7 heteroatoms. The largest absolute Gasteiger partial charge is 0.439 e. The number of aromatic nitrogens is 2. The second-order valence-electron chi connectivity index (χ2n) is 7.79. The lowest BCUT2D eigenvalue weighted by Gasteiger charge is -2.25. The molecule has 6 nitrogen and oxygen atoms in total. The minimum atomic E-state index is -0.686. The number of hydrogen-bond acceptors (Lipinski definition) is 5. The van der Waals surface area contributed by atoms with E-state index in [0.29, 0.717) is 24.7 Å². The number of ether oxygens (including phenoxy) is 2. The highest BCUT2D eigenvalue weighted by molar-refractivity contribution is 5.65. The Labute approximate surface area is 194 Å². The van der Waals surface area contributed by atoms with Gasteiger partial charge in [-0.15, -0.1) is 6.42 Å². The molecule has 33 heavy (non-hydrogen) atoms. The zero-order valence-corrected chi connectivity index (χ0v) is 19.1. The zero-order valence-electron chi connectivity index (χ0n) is 19.1. The molecule has 1 N–H and O–H groups in total. The lowest BCUT2D eigenvalue weighted by molar-refractivity contribution is 0.0260. The summed E-state index contributed by atoms with van der Waals surface area (Å²) >= 11 is 0. The first-order valence-corrected chi connectivity index (χ1v) is 11.0. The van der Waals surface area contributed by atoms with Crippen molar-refractivity contribution in [2.24, 2.45) is 7.05 Å². The van der Waals surface area contributed by atoms with Crippen molar-refractivity contribution in [1.82, 2.24) is 14.7 Å². The molecule has 0 spiro atoms. The number of aliphatic hydroxyl groups is 1. The molecule has 0 radical (unpaired) electrons. The Morgan fingerprint density at radius 2 is 2.00 bits per heavy atom. The van der Waals surface area contributed by atoms with Crippen molar-refractivity contribution in [3.8, 4) is 35.2 Å². The van der Waals surface area contributed by atoms with Gasteiger partial charge in [-0.1, -0.05) is 49.2 Å². The standard InChI is InChI=1S/C26H30FN3O3/c1-4-14-30(17-22(31)19-32-15-5-2)18-24-25(20-10-7-6-8-11-20)28-29(3)26(24)33-23-13-9-12-21(27)16-23/h2,6-13,16,22,31H,4,14-15,17-19H2,1,3H3. The number of halogens is 1. The predicted octanol–water partition coefficient (Wildman–Crippen LogP) is 4.24. The third kappa shape index (κ3) is 6.90. The molecule has 0 saturated carbocycles. The van der Waals surface area contributed by atoms with Gasteiger partial charge in [0.25, 0.3) is 0 Å². The van der Waals surface area contributed by atoms with Crippen molar-refractivity contribution in [1.29, 1.82) is 0 Å². The van der Waals surface area contributed by atoms with E-state index < -0.39 is 6.10 Å². The number of benzene rings is 2. The summed E-state index contributed by atoms with van der Waals surface area (Å²) in [6, 6.07) is 15.9. The molecule has 0 fully saturated rings. The summed E-state index contributed by atoms with van der Waals surface area (Å²) in [6.45, 7) is 4.06. The molecular weight excluding hydrogens is 421 g/mol. The van der Waals surface area contributed by atoms with Gasteiger partial charge in [0.2, 0.25) is 5.88 Å². The first-order chi connectivity index (χ1) is 16.0. The maximum atomic E-state index is 13.8. The molecule has 1 heterocycles. The third-order valence-corrected chi connectivity index (χ3v) is 5.03. The maximum absolute atomic E-state index is 13.8. The Kier molecular flexibility index (Phi) is 9.02. The van der Waals surface area contributed by atoms with Gasteiger partial charge in [0.15, 0.2) is 0 Å². The van der Waals surface area contributed by atoms with Crippen LogP contribution in [0.3, 0.4) is 0 Å². The van der Waals surface area contributed by atoms with Crippen LogP contribution >= 0.6 is 0 Å². The molecule has 1 aromatic heterocycles. The molecule has 0 aliphatic rings. The fourth-order valence-corrected chi connectivity index (χ4v) is 3.67. The van der Waals surface area contributed by atoms with Gasteiger partial charge in [-0.05, 0) is 25.1 Å². The fraction of sp³-hybridized carbons (Fsp3) is 0.346. The van der Waals surface area contributed by atoms with E-state index in [1.165, 1.54) is 12.1 Å². The smallest absolute Gasteiger partial charge is 0.222 e. The number of aliphatic hydroxyl groups excluding tert-OH is 1. The molecule has 1 atom stereocenters. The summed E-state index contributed by atoms with van der Waals surface area (Å²) in [6.07, 6.45) is 5.43. The average Bonchev–Trinajstić information content (AvgIpc) is 3.10. The van der Waals surface area contributed by atoms with E-state index in [9.17, 15) is 9.50 Å². The van der Waals surface area contributed by atoms with Crippen molar-refractivity contribution in [2.45, 2.75) is 26.0 Å². The van der Waals surface area contributed by atoms with Crippen LogP contribution in [0.5, 0.6) is 11.6 Å². The molecule has 0 bridgehead atoms. The van der Waals surface area contributed by atoms with Crippen LogP contribution in [0.15, 0.2) is 54.6 Å². The lowest BCUT2D eigenvalue weighted by atomic mass is 10.1. The van der Waals surface area contributed by atoms with Crippen LogP contribution in [0.2, 0.25) is 0 Å². The van der Waals surface area contributed by atoms with E-state index in [2.05, 4.69) is 17.7 Å². The van der Waals surface area contributed by atoms with Crippen molar-refractivity contribution in [2.75, 3.05) is 26.3 Å². The van der Waals surface area contributed by atoms with Gasteiger partial charge < -0.3 is 14.6 Å². The number of nitrogens with zero attached hydrogens (tertiary/aromatic N) is 3. The highest BCUT2D eigenvalue weighted by atomic mass is 19.1. The van der Waals surface area contributed by atoms with Crippen molar-refractivity contribution in [3.05, 3.63) is 66.0 Å². The van der Waals surface area contributed by atoms with Crippen LogP contribution in [-0.2, 0) is 18.3 Å². The molecule has 0 saturated heterocycles. The topological polar surface area (TPSA) is 59.8 Å². The molecule has 1 unspecified atom stereocenters. The Morgan fingerprint density at radius 1 is 1.21 bits per heavy atom. The predicted molar refractivity (Wildman–Crippen MR) is 126 cm³/mol. The number of aryl methyl sites for hydroxylation is 1. The molecule has 0 aliphatic carbocycles. The van der Waals surface area contributed by atoms with E-state index in [-0.39, 0.29) is 19.0 Å². The summed E-state index contributed by atoms with van der Waals surface area (Å²) in [7, 11) is 1.80. The molecule has 174 valence electrons. The minimum absolute atomic E-state index is 0.162. The normalized spacial score (nSPS) is 12.0.